The molecule has 3 aromatic rings. The summed E-state index contributed by atoms with van der Waals surface area (Å²) in [5.74, 6) is 0.869. The van der Waals surface area contributed by atoms with Crippen LogP contribution in [0.15, 0.2) is 36.4 Å². The molecule has 140 valence electrons. The predicted molar refractivity (Wildman–Crippen MR) is 102 cm³/mol. The van der Waals surface area contributed by atoms with Gasteiger partial charge >= 0.3 is 0 Å². The molecule has 1 N–H and O–H groups in total. The number of nitrogens with zero attached hydrogens (tertiary/aromatic N) is 7. The van der Waals surface area contributed by atoms with Gasteiger partial charge in [0.15, 0.2) is 11.5 Å². The van der Waals surface area contributed by atoms with Gasteiger partial charge in [0.1, 0.15) is 0 Å². The Morgan fingerprint density at radius 3 is 2.74 bits per heavy atom. The van der Waals surface area contributed by atoms with Crippen molar-refractivity contribution in [1.82, 2.24) is 30.2 Å². The van der Waals surface area contributed by atoms with Crippen LogP contribution in [-0.2, 0) is 11.2 Å². The largest absolute Gasteiger partial charge is 0.353 e. The molecule has 0 saturated carbocycles. The molecule has 0 unspecified atom stereocenters. The van der Waals surface area contributed by atoms with Gasteiger partial charge in [-0.2, -0.15) is 0 Å². The number of amides is 1. The fourth-order valence-corrected chi connectivity index (χ4v) is 3.29. The van der Waals surface area contributed by atoms with Crippen molar-refractivity contribution in [3.05, 3.63) is 42.0 Å². The molecule has 4 rings (SSSR count). The lowest BCUT2D eigenvalue weighted by molar-refractivity contribution is -0.117. The molecule has 27 heavy (non-hydrogen) atoms. The minimum absolute atomic E-state index is 0.0255. The van der Waals surface area contributed by atoms with Crippen molar-refractivity contribution >= 4 is 23.1 Å². The van der Waals surface area contributed by atoms with Gasteiger partial charge < -0.3 is 10.2 Å². The van der Waals surface area contributed by atoms with E-state index in [0.717, 1.165) is 49.7 Å². The van der Waals surface area contributed by atoms with E-state index in [1.807, 2.05) is 36.4 Å². The monoisotopic (exact) mass is 366 g/mol. The van der Waals surface area contributed by atoms with E-state index in [1.54, 1.807) is 0 Å². The molecule has 0 radical (unpaired) electrons. The number of tetrazole rings is 1. The van der Waals surface area contributed by atoms with Gasteiger partial charge in [-0.25, -0.2) is 0 Å². The third-order valence-electron chi connectivity index (χ3n) is 4.79. The summed E-state index contributed by atoms with van der Waals surface area (Å²) in [5, 5.41) is 18.8. The Kier molecular flexibility index (Phi) is 4.93. The molecule has 0 bridgehead atoms. The summed E-state index contributed by atoms with van der Waals surface area (Å²) in [6, 6.07) is 11.7. The van der Waals surface area contributed by atoms with Crippen LogP contribution in [0.5, 0.6) is 0 Å². The van der Waals surface area contributed by atoms with Crippen molar-refractivity contribution in [1.29, 1.82) is 0 Å². The Hall–Kier alpha value is -3.07. The van der Waals surface area contributed by atoms with Crippen LogP contribution in [0.1, 0.15) is 12.5 Å². The van der Waals surface area contributed by atoms with Gasteiger partial charge in [-0.05, 0) is 40.6 Å². The molecule has 2 aromatic heterocycles. The van der Waals surface area contributed by atoms with Crippen LogP contribution >= 0.6 is 0 Å². The van der Waals surface area contributed by atoms with E-state index < -0.39 is 0 Å². The van der Waals surface area contributed by atoms with Crippen molar-refractivity contribution < 1.29 is 4.79 Å². The molecule has 1 aromatic carbocycles. The van der Waals surface area contributed by atoms with Crippen LogP contribution in [0.4, 0.5) is 11.5 Å². The van der Waals surface area contributed by atoms with Gasteiger partial charge in [-0.15, -0.1) is 14.8 Å². The highest BCUT2D eigenvalue weighted by Gasteiger charge is 2.20. The molecule has 0 aliphatic carbocycles. The highest BCUT2D eigenvalue weighted by molar-refractivity contribution is 5.93. The summed E-state index contributed by atoms with van der Waals surface area (Å²) in [5.41, 5.74) is 2.68. The molecule has 0 spiro atoms. The number of hydrogen-bond donors (Lipinski definition) is 1. The summed E-state index contributed by atoms with van der Waals surface area (Å²) >= 11 is 0. The average molecular weight is 366 g/mol. The van der Waals surface area contributed by atoms with E-state index >= 15 is 0 Å². The summed E-state index contributed by atoms with van der Waals surface area (Å²) in [6.45, 7) is 5.70. The molecular formula is C18H22N8O. The first-order valence-corrected chi connectivity index (χ1v) is 9.13. The lowest BCUT2D eigenvalue weighted by atomic mass is 10.1. The molecule has 1 saturated heterocycles. The number of benzene rings is 1. The number of carbonyl (C=O) groups is 1. The molecule has 1 fully saturated rings. The van der Waals surface area contributed by atoms with Crippen LogP contribution in [0, 0.1) is 0 Å². The van der Waals surface area contributed by atoms with E-state index in [4.69, 9.17) is 0 Å². The van der Waals surface area contributed by atoms with Crippen molar-refractivity contribution in [2.24, 2.45) is 0 Å². The summed E-state index contributed by atoms with van der Waals surface area (Å²) < 4.78 is 1.43. The molecule has 1 aliphatic heterocycles. The summed E-state index contributed by atoms with van der Waals surface area (Å²) in [6.07, 6.45) is 0.897. The zero-order chi connectivity index (χ0) is 18.6. The van der Waals surface area contributed by atoms with Crippen LogP contribution in [0.2, 0.25) is 0 Å². The van der Waals surface area contributed by atoms with Crippen LogP contribution in [0.25, 0.3) is 5.65 Å². The van der Waals surface area contributed by atoms with E-state index in [9.17, 15) is 4.79 Å². The first-order chi connectivity index (χ1) is 13.2. The first-order valence-electron chi connectivity index (χ1n) is 9.13. The predicted octanol–water partition coefficient (Wildman–Crippen LogP) is 0.842. The Labute approximate surface area is 157 Å². The molecule has 3 heterocycles. The fourth-order valence-electron chi connectivity index (χ4n) is 3.29. The SMILES string of the molecule is CCc1ccccc1NC(=O)CN1CCN(c2ccc3nnnn3n2)CC1. The third-order valence-corrected chi connectivity index (χ3v) is 4.79. The van der Waals surface area contributed by atoms with E-state index in [0.29, 0.717) is 12.2 Å². The van der Waals surface area contributed by atoms with Gasteiger partial charge in [0.2, 0.25) is 5.91 Å². The number of piperazine rings is 1. The van der Waals surface area contributed by atoms with Crippen LogP contribution in [0.3, 0.4) is 0 Å². The molecule has 0 atom stereocenters. The van der Waals surface area contributed by atoms with E-state index in [-0.39, 0.29) is 5.91 Å². The van der Waals surface area contributed by atoms with Crippen molar-refractivity contribution in [3.63, 3.8) is 0 Å². The number of nitrogens with one attached hydrogen (secondary N) is 1. The maximum atomic E-state index is 12.4. The molecular weight excluding hydrogens is 344 g/mol. The number of rotatable bonds is 5. The average Bonchev–Trinajstić information content (AvgIpc) is 3.17. The molecule has 9 nitrogen and oxygen atoms in total. The topological polar surface area (TPSA) is 91.5 Å². The second-order valence-corrected chi connectivity index (χ2v) is 6.54. The second-order valence-electron chi connectivity index (χ2n) is 6.54. The quantitative estimate of drug-likeness (QED) is 0.715. The molecule has 1 aliphatic rings. The standard InChI is InChI=1S/C18H22N8O/c1-2-14-5-3-4-6-15(14)19-18(27)13-24-9-11-25(12-10-24)17-8-7-16-20-22-23-26(16)21-17/h3-8H,2,9-13H2,1H3,(H,19,27). The zero-order valence-corrected chi connectivity index (χ0v) is 15.2. The number of fused-ring (bicyclic) bond motifs is 1. The van der Waals surface area contributed by atoms with Gasteiger partial charge in [0, 0.05) is 31.9 Å². The maximum absolute atomic E-state index is 12.4. The molecule has 1 amide bonds. The van der Waals surface area contributed by atoms with Gasteiger partial charge in [-0.3, -0.25) is 9.69 Å². The third kappa shape index (κ3) is 3.87. The highest BCUT2D eigenvalue weighted by Crippen LogP contribution is 2.16. The smallest absolute Gasteiger partial charge is 0.238 e. The Balaban J connectivity index is 1.31. The second kappa shape index (κ2) is 7.67. The summed E-state index contributed by atoms with van der Waals surface area (Å²) in [7, 11) is 0. The Morgan fingerprint density at radius 1 is 1.11 bits per heavy atom. The number of aryl methyl sites for hydroxylation is 1. The van der Waals surface area contributed by atoms with E-state index in [1.165, 1.54) is 4.63 Å². The zero-order valence-electron chi connectivity index (χ0n) is 15.2. The lowest BCUT2D eigenvalue weighted by Gasteiger charge is -2.34. The van der Waals surface area contributed by atoms with Gasteiger partial charge in [0.05, 0.1) is 6.54 Å². The first kappa shape index (κ1) is 17.3. The summed E-state index contributed by atoms with van der Waals surface area (Å²) in [4.78, 5) is 16.8. The van der Waals surface area contributed by atoms with Crippen molar-refractivity contribution in [3.8, 4) is 0 Å². The Bertz CT molecular complexity index is 932. The van der Waals surface area contributed by atoms with Gasteiger partial charge in [-0.1, -0.05) is 25.1 Å². The highest BCUT2D eigenvalue weighted by atomic mass is 16.2. The van der Waals surface area contributed by atoms with Crippen LogP contribution in [-0.4, -0.2) is 68.8 Å². The van der Waals surface area contributed by atoms with Crippen LogP contribution < -0.4 is 10.2 Å². The fraction of sp³-hybridized carbons (Fsp3) is 0.389. The number of carbonyl (C=O) groups excluding carboxylic acids is 1. The normalized spacial score (nSPS) is 15.2. The minimum Gasteiger partial charge on any atom is -0.353 e. The Morgan fingerprint density at radius 2 is 1.93 bits per heavy atom. The lowest BCUT2D eigenvalue weighted by Crippen LogP contribution is -2.49. The van der Waals surface area contributed by atoms with E-state index in [2.05, 4.69) is 42.7 Å². The number of anilines is 2. The number of aromatic nitrogens is 5. The van der Waals surface area contributed by atoms with Crippen molar-refractivity contribution in [2.45, 2.75) is 13.3 Å². The minimum atomic E-state index is 0.0255. The number of para-hydroxylation sites is 1. The van der Waals surface area contributed by atoms with Crippen molar-refractivity contribution in [2.75, 3.05) is 42.9 Å². The number of hydrogen-bond acceptors (Lipinski definition) is 7. The van der Waals surface area contributed by atoms with Gasteiger partial charge in [0.25, 0.3) is 0 Å². The maximum Gasteiger partial charge on any atom is 0.238 e. The molecule has 9 heteroatoms.